The summed E-state index contributed by atoms with van der Waals surface area (Å²) in [5, 5.41) is 9.58. The van der Waals surface area contributed by atoms with E-state index in [-0.39, 0.29) is 17.0 Å². The molecule has 0 aliphatic rings. The highest BCUT2D eigenvalue weighted by molar-refractivity contribution is 7.99. The molecule has 1 heterocycles. The lowest BCUT2D eigenvalue weighted by Crippen LogP contribution is -2.34. The summed E-state index contributed by atoms with van der Waals surface area (Å²) in [5.74, 6) is -0.534. The third kappa shape index (κ3) is 6.34. The van der Waals surface area contributed by atoms with Crippen LogP contribution in [0.25, 0.3) is 0 Å². The summed E-state index contributed by atoms with van der Waals surface area (Å²) in [4.78, 5) is 13.2. The zero-order valence-electron chi connectivity index (χ0n) is 11.9. The van der Waals surface area contributed by atoms with Gasteiger partial charge >= 0.3 is 6.18 Å². The standard InChI is InChI=1S/C11H17F3N4O2S/c1-4-7(18(2)3)9-16-17-10(20-9)21-5-8(19)15-6-11(12,13)14/h7H,4-6H2,1-3H3,(H,15,19). The molecule has 1 N–H and O–H groups in total. The Hall–Kier alpha value is -1.29. The number of hydrogen-bond acceptors (Lipinski definition) is 6. The van der Waals surface area contributed by atoms with Crippen LogP contribution in [0.2, 0.25) is 0 Å². The van der Waals surface area contributed by atoms with Gasteiger partial charge in [0.2, 0.25) is 11.8 Å². The highest BCUT2D eigenvalue weighted by Gasteiger charge is 2.27. The van der Waals surface area contributed by atoms with Gasteiger partial charge in [-0.2, -0.15) is 13.2 Å². The lowest BCUT2D eigenvalue weighted by molar-refractivity contribution is -0.136. The quantitative estimate of drug-likeness (QED) is 0.771. The van der Waals surface area contributed by atoms with Crippen molar-refractivity contribution in [1.29, 1.82) is 0 Å². The Labute approximate surface area is 124 Å². The summed E-state index contributed by atoms with van der Waals surface area (Å²) >= 11 is 0.901. The average molecular weight is 326 g/mol. The Kier molecular flexibility index (Phi) is 6.46. The van der Waals surface area contributed by atoms with Crippen molar-refractivity contribution in [3.8, 4) is 0 Å². The second-order valence-corrected chi connectivity index (χ2v) is 5.40. The summed E-state index contributed by atoms with van der Waals surface area (Å²) in [6.07, 6.45) is -3.65. The zero-order chi connectivity index (χ0) is 16.0. The monoisotopic (exact) mass is 326 g/mol. The first-order chi connectivity index (χ1) is 9.73. The van der Waals surface area contributed by atoms with E-state index >= 15 is 0 Å². The largest absolute Gasteiger partial charge is 0.414 e. The molecule has 120 valence electrons. The Balaban J connectivity index is 2.46. The Morgan fingerprint density at radius 3 is 2.62 bits per heavy atom. The molecule has 0 saturated carbocycles. The maximum atomic E-state index is 11.9. The molecule has 0 spiro atoms. The fourth-order valence-corrected chi connectivity index (χ4v) is 2.15. The minimum absolute atomic E-state index is 0.0362. The van der Waals surface area contributed by atoms with Crippen molar-refractivity contribution >= 4 is 17.7 Å². The van der Waals surface area contributed by atoms with Gasteiger partial charge in [-0.15, -0.1) is 10.2 Å². The normalized spacial score (nSPS) is 13.5. The lowest BCUT2D eigenvalue weighted by atomic mass is 10.2. The van der Waals surface area contributed by atoms with Crippen LogP contribution in [0, 0.1) is 0 Å². The van der Waals surface area contributed by atoms with E-state index in [0.717, 1.165) is 18.2 Å². The smallest absolute Gasteiger partial charge is 0.405 e. The summed E-state index contributed by atoms with van der Waals surface area (Å²) < 4.78 is 41.1. The molecule has 6 nitrogen and oxygen atoms in total. The lowest BCUT2D eigenvalue weighted by Gasteiger charge is -2.18. The van der Waals surface area contributed by atoms with Crippen LogP contribution < -0.4 is 5.32 Å². The highest BCUT2D eigenvalue weighted by atomic mass is 32.2. The topological polar surface area (TPSA) is 71.3 Å². The van der Waals surface area contributed by atoms with Crippen LogP contribution >= 0.6 is 11.8 Å². The molecule has 0 radical (unpaired) electrons. The number of aromatic nitrogens is 2. The van der Waals surface area contributed by atoms with Gasteiger partial charge in [-0.25, -0.2) is 0 Å². The fraction of sp³-hybridized carbons (Fsp3) is 0.727. The molecule has 1 aromatic heterocycles. The predicted octanol–water partition coefficient (Wildman–Crippen LogP) is 1.85. The van der Waals surface area contributed by atoms with Crippen molar-refractivity contribution in [3.05, 3.63) is 5.89 Å². The molecular formula is C11H17F3N4O2S. The van der Waals surface area contributed by atoms with E-state index < -0.39 is 18.6 Å². The third-order valence-electron chi connectivity index (χ3n) is 2.53. The molecule has 21 heavy (non-hydrogen) atoms. The van der Waals surface area contributed by atoms with Gasteiger partial charge in [0, 0.05) is 0 Å². The van der Waals surface area contributed by atoms with Crippen molar-refractivity contribution < 1.29 is 22.4 Å². The van der Waals surface area contributed by atoms with E-state index in [2.05, 4.69) is 10.2 Å². The van der Waals surface area contributed by atoms with E-state index in [1.54, 1.807) is 5.32 Å². The van der Waals surface area contributed by atoms with Crippen LogP contribution in [0.15, 0.2) is 9.64 Å². The van der Waals surface area contributed by atoms with Crippen molar-refractivity contribution in [2.45, 2.75) is 30.8 Å². The summed E-state index contributed by atoms with van der Waals surface area (Å²) in [5.41, 5.74) is 0. The average Bonchev–Trinajstić information content (AvgIpc) is 2.82. The molecule has 1 unspecified atom stereocenters. The van der Waals surface area contributed by atoms with Crippen molar-refractivity contribution in [3.63, 3.8) is 0 Å². The van der Waals surface area contributed by atoms with Crippen LogP contribution in [0.4, 0.5) is 13.2 Å². The van der Waals surface area contributed by atoms with Crippen molar-refractivity contribution in [2.75, 3.05) is 26.4 Å². The van der Waals surface area contributed by atoms with Gasteiger partial charge in [-0.05, 0) is 20.5 Å². The van der Waals surface area contributed by atoms with Gasteiger partial charge in [-0.1, -0.05) is 18.7 Å². The number of carbonyl (C=O) groups excluding carboxylic acids is 1. The van der Waals surface area contributed by atoms with E-state index in [9.17, 15) is 18.0 Å². The van der Waals surface area contributed by atoms with Crippen molar-refractivity contribution in [1.82, 2.24) is 20.4 Å². The molecular weight excluding hydrogens is 309 g/mol. The van der Waals surface area contributed by atoms with Gasteiger partial charge in [0.1, 0.15) is 6.54 Å². The van der Waals surface area contributed by atoms with E-state index in [4.69, 9.17) is 4.42 Å². The van der Waals surface area contributed by atoms with Gasteiger partial charge < -0.3 is 9.73 Å². The molecule has 10 heteroatoms. The van der Waals surface area contributed by atoms with E-state index in [0.29, 0.717) is 5.89 Å². The maximum Gasteiger partial charge on any atom is 0.405 e. The highest BCUT2D eigenvalue weighted by Crippen LogP contribution is 2.24. The van der Waals surface area contributed by atoms with Gasteiger partial charge in [0.15, 0.2) is 0 Å². The molecule has 1 aromatic rings. The molecule has 1 atom stereocenters. The van der Waals surface area contributed by atoms with Crippen LogP contribution in [0.5, 0.6) is 0 Å². The number of thioether (sulfide) groups is 1. The SMILES string of the molecule is CCC(c1nnc(SCC(=O)NCC(F)(F)F)o1)N(C)C. The molecule has 0 aliphatic heterocycles. The summed E-state index contributed by atoms with van der Waals surface area (Å²) in [7, 11) is 3.74. The zero-order valence-corrected chi connectivity index (χ0v) is 12.7. The maximum absolute atomic E-state index is 11.9. The molecule has 0 saturated heterocycles. The Bertz CT molecular complexity index is 465. The number of rotatable bonds is 7. The molecule has 1 amide bonds. The molecule has 0 aromatic carbocycles. The minimum atomic E-state index is -4.42. The second-order valence-electron chi connectivity index (χ2n) is 4.47. The minimum Gasteiger partial charge on any atom is -0.414 e. The summed E-state index contributed by atoms with van der Waals surface area (Å²) in [6.45, 7) is 0.617. The molecule has 0 aliphatic carbocycles. The van der Waals surface area contributed by atoms with Crippen LogP contribution in [0.3, 0.4) is 0 Å². The fourth-order valence-electron chi connectivity index (χ4n) is 1.55. The van der Waals surface area contributed by atoms with E-state index in [1.807, 2.05) is 25.9 Å². The van der Waals surface area contributed by atoms with Crippen LogP contribution in [-0.4, -0.2) is 53.6 Å². The number of nitrogens with one attached hydrogen (secondary N) is 1. The second kappa shape index (κ2) is 7.64. The number of hydrogen-bond donors (Lipinski definition) is 1. The van der Waals surface area contributed by atoms with Gasteiger partial charge in [-0.3, -0.25) is 9.69 Å². The van der Waals surface area contributed by atoms with Crippen LogP contribution in [0.1, 0.15) is 25.3 Å². The number of alkyl halides is 3. The Morgan fingerprint density at radius 2 is 2.10 bits per heavy atom. The van der Waals surface area contributed by atoms with Crippen molar-refractivity contribution in [2.24, 2.45) is 0 Å². The third-order valence-corrected chi connectivity index (χ3v) is 3.35. The molecule has 1 rings (SSSR count). The van der Waals surface area contributed by atoms with Gasteiger partial charge in [0.05, 0.1) is 11.8 Å². The first kappa shape index (κ1) is 17.8. The number of carbonyl (C=O) groups is 1. The first-order valence-electron chi connectivity index (χ1n) is 6.19. The van der Waals surface area contributed by atoms with Crippen LogP contribution in [-0.2, 0) is 4.79 Å². The molecule has 0 fully saturated rings. The Morgan fingerprint density at radius 1 is 1.43 bits per heavy atom. The first-order valence-corrected chi connectivity index (χ1v) is 7.17. The predicted molar refractivity (Wildman–Crippen MR) is 70.8 cm³/mol. The van der Waals surface area contributed by atoms with Gasteiger partial charge in [0.25, 0.3) is 5.22 Å². The number of nitrogens with zero attached hydrogens (tertiary/aromatic N) is 3. The van der Waals surface area contributed by atoms with E-state index in [1.165, 1.54) is 0 Å². The number of halogens is 3. The molecule has 0 bridgehead atoms. The summed E-state index contributed by atoms with van der Waals surface area (Å²) in [6, 6.07) is -0.0362. The number of amides is 1.